The molecule has 2 aromatic rings. The van der Waals surface area contributed by atoms with Crippen LogP contribution in [0.2, 0.25) is 0 Å². The second kappa shape index (κ2) is 7.23. The minimum atomic E-state index is -1.19. The number of fused-ring (bicyclic) bond motifs is 1. The molecule has 0 N–H and O–H groups in total. The third kappa shape index (κ3) is 2.87. The summed E-state index contributed by atoms with van der Waals surface area (Å²) in [5, 5.41) is 2.37. The molecule has 0 radical (unpaired) electrons. The molecule has 24 heavy (non-hydrogen) atoms. The zero-order valence-corrected chi connectivity index (χ0v) is 14.9. The number of ether oxygens (including phenoxy) is 2. The van der Waals surface area contributed by atoms with Gasteiger partial charge in [-0.05, 0) is 49.5 Å². The first-order valence-corrected chi connectivity index (χ1v) is 9.69. The molecule has 3 rings (SSSR count). The molecule has 4 nitrogen and oxygen atoms in total. The molecule has 0 saturated heterocycles. The van der Waals surface area contributed by atoms with Gasteiger partial charge in [-0.2, -0.15) is 0 Å². The molecule has 1 aromatic heterocycles. The number of esters is 2. The lowest BCUT2D eigenvalue weighted by Crippen LogP contribution is -2.06. The van der Waals surface area contributed by atoms with Gasteiger partial charge in [0, 0.05) is 0 Å². The van der Waals surface area contributed by atoms with Gasteiger partial charge in [0.25, 0.3) is 0 Å². The Balaban J connectivity index is 2.26. The standard InChI is InChI=1S/C19H21O4P/c1-3-22-18(20)16-14-11-8-12-15(14)17(19(21)23-4-2)24(16)13-9-6-5-7-10-13/h5-7,9-10H,3-4,8,11-12H2,1-2H3. The molecule has 1 aliphatic rings. The number of carbonyl (C=O) groups excluding carboxylic acids is 2. The van der Waals surface area contributed by atoms with E-state index in [2.05, 4.69) is 0 Å². The van der Waals surface area contributed by atoms with Crippen molar-refractivity contribution in [2.24, 2.45) is 0 Å². The number of hydrogen-bond donors (Lipinski definition) is 0. The Bertz CT molecular complexity index is 718. The molecule has 1 aliphatic carbocycles. The van der Waals surface area contributed by atoms with E-state index in [1.807, 2.05) is 30.3 Å². The summed E-state index contributed by atoms with van der Waals surface area (Å²) in [6.45, 7) is 4.27. The zero-order chi connectivity index (χ0) is 17.1. The smallest absolute Gasteiger partial charge is 0.342 e. The highest BCUT2D eigenvalue weighted by molar-refractivity contribution is 7.60. The molecule has 0 spiro atoms. The van der Waals surface area contributed by atoms with E-state index >= 15 is 0 Å². The van der Waals surface area contributed by atoms with E-state index < -0.39 is 7.53 Å². The van der Waals surface area contributed by atoms with Crippen LogP contribution in [0.5, 0.6) is 0 Å². The van der Waals surface area contributed by atoms with Crippen LogP contribution in [0.15, 0.2) is 30.3 Å². The Kier molecular flexibility index (Phi) is 5.06. The first-order valence-electron chi connectivity index (χ1n) is 8.35. The van der Waals surface area contributed by atoms with Crippen LogP contribution in [-0.2, 0) is 22.3 Å². The monoisotopic (exact) mass is 344 g/mol. The highest BCUT2D eigenvalue weighted by atomic mass is 31.1. The molecule has 0 atom stereocenters. The first kappa shape index (κ1) is 16.8. The van der Waals surface area contributed by atoms with Crippen molar-refractivity contribution in [2.45, 2.75) is 33.1 Å². The summed E-state index contributed by atoms with van der Waals surface area (Å²) in [4.78, 5) is 25.3. The van der Waals surface area contributed by atoms with E-state index in [0.717, 1.165) is 35.7 Å². The third-order valence-electron chi connectivity index (χ3n) is 4.19. The predicted octanol–water partition coefficient (Wildman–Crippen LogP) is 4.50. The summed E-state index contributed by atoms with van der Waals surface area (Å²) in [6.07, 6.45) is 2.63. The molecule has 126 valence electrons. The van der Waals surface area contributed by atoms with E-state index in [0.29, 0.717) is 23.8 Å². The lowest BCUT2D eigenvalue weighted by Gasteiger charge is -2.11. The van der Waals surface area contributed by atoms with Crippen molar-refractivity contribution >= 4 is 19.5 Å². The van der Waals surface area contributed by atoms with E-state index in [9.17, 15) is 9.59 Å². The Labute approximate surface area is 142 Å². The van der Waals surface area contributed by atoms with Crippen molar-refractivity contribution in [3.63, 3.8) is 0 Å². The first-order chi connectivity index (χ1) is 11.7. The van der Waals surface area contributed by atoms with Gasteiger partial charge in [0.1, 0.15) is 0 Å². The van der Waals surface area contributed by atoms with Gasteiger partial charge >= 0.3 is 11.9 Å². The van der Waals surface area contributed by atoms with Gasteiger partial charge in [-0.3, -0.25) is 0 Å². The Morgan fingerprint density at radius 2 is 1.42 bits per heavy atom. The third-order valence-corrected chi connectivity index (χ3v) is 6.80. The summed E-state index contributed by atoms with van der Waals surface area (Å²) in [5.41, 5.74) is 2.04. The van der Waals surface area contributed by atoms with Crippen molar-refractivity contribution in [1.82, 2.24) is 0 Å². The van der Waals surface area contributed by atoms with E-state index in [-0.39, 0.29) is 11.9 Å². The van der Waals surface area contributed by atoms with Crippen molar-refractivity contribution in [1.29, 1.82) is 0 Å². The predicted molar refractivity (Wildman–Crippen MR) is 94.4 cm³/mol. The van der Waals surface area contributed by atoms with E-state index in [1.165, 1.54) is 0 Å². The fourth-order valence-corrected chi connectivity index (χ4v) is 6.05. The molecule has 0 unspecified atom stereocenters. The molecule has 1 aromatic carbocycles. The minimum absolute atomic E-state index is 0.291. The lowest BCUT2D eigenvalue weighted by atomic mass is 10.1. The molecule has 0 amide bonds. The van der Waals surface area contributed by atoms with Crippen molar-refractivity contribution in [3.8, 4) is 5.30 Å². The average molecular weight is 344 g/mol. The van der Waals surface area contributed by atoms with Crippen LogP contribution in [0.3, 0.4) is 0 Å². The van der Waals surface area contributed by atoms with Gasteiger partial charge in [0.15, 0.2) is 0 Å². The Morgan fingerprint density at radius 3 is 1.88 bits per heavy atom. The molecule has 0 fully saturated rings. The van der Waals surface area contributed by atoms with Crippen molar-refractivity contribution in [3.05, 3.63) is 52.0 Å². The minimum Gasteiger partial charge on any atom is -0.462 e. The van der Waals surface area contributed by atoms with Crippen LogP contribution < -0.4 is 0 Å². The number of hydrogen-bond acceptors (Lipinski definition) is 4. The Morgan fingerprint density at radius 1 is 0.917 bits per heavy atom. The van der Waals surface area contributed by atoms with E-state index in [1.54, 1.807) is 13.8 Å². The average Bonchev–Trinajstić information content (AvgIpc) is 3.15. The summed E-state index contributed by atoms with van der Waals surface area (Å²) in [7, 11) is -1.19. The fourth-order valence-electron chi connectivity index (χ4n) is 3.31. The van der Waals surface area contributed by atoms with Crippen molar-refractivity contribution in [2.75, 3.05) is 13.2 Å². The van der Waals surface area contributed by atoms with Gasteiger partial charge in [0.2, 0.25) is 0 Å². The maximum absolute atomic E-state index is 12.7. The normalized spacial score (nSPS) is 12.8. The SMILES string of the molecule is CCOC(=O)c1c2c(c(C(=O)OCC)p1-c1ccccc1)CCC2. The van der Waals surface area contributed by atoms with Gasteiger partial charge in [-0.1, -0.05) is 37.9 Å². The van der Waals surface area contributed by atoms with Gasteiger partial charge in [-0.15, -0.1) is 0 Å². The highest BCUT2D eigenvalue weighted by Gasteiger charge is 2.34. The van der Waals surface area contributed by atoms with E-state index in [4.69, 9.17) is 9.47 Å². The van der Waals surface area contributed by atoms with Gasteiger partial charge in [0.05, 0.1) is 23.8 Å². The number of benzene rings is 1. The number of carbonyl (C=O) groups is 2. The van der Waals surface area contributed by atoms with Crippen molar-refractivity contribution < 1.29 is 19.1 Å². The molecular weight excluding hydrogens is 323 g/mol. The van der Waals surface area contributed by atoms with Crippen LogP contribution in [0.4, 0.5) is 0 Å². The molecule has 0 saturated carbocycles. The lowest BCUT2D eigenvalue weighted by molar-refractivity contribution is 0.0523. The summed E-state index contributed by atoms with van der Waals surface area (Å²) in [5.74, 6) is -0.581. The Hall–Kier alpha value is -2.06. The topological polar surface area (TPSA) is 52.6 Å². The maximum Gasteiger partial charge on any atom is 0.342 e. The second-order valence-corrected chi connectivity index (χ2v) is 7.70. The zero-order valence-electron chi connectivity index (χ0n) is 14.0. The maximum atomic E-state index is 12.7. The van der Waals surface area contributed by atoms with Crippen LogP contribution in [0.25, 0.3) is 5.30 Å². The molecule has 5 heteroatoms. The van der Waals surface area contributed by atoms with Crippen LogP contribution in [-0.4, -0.2) is 25.2 Å². The summed E-state index contributed by atoms with van der Waals surface area (Å²) in [6, 6.07) is 9.77. The molecular formula is C19H21O4P. The van der Waals surface area contributed by atoms with Crippen LogP contribution in [0, 0.1) is 0 Å². The molecule has 0 bridgehead atoms. The van der Waals surface area contributed by atoms with Gasteiger partial charge in [-0.25, -0.2) is 9.59 Å². The largest absolute Gasteiger partial charge is 0.462 e. The summed E-state index contributed by atoms with van der Waals surface area (Å²) < 4.78 is 10.6. The quantitative estimate of drug-likeness (QED) is 0.749. The number of rotatable bonds is 5. The second-order valence-electron chi connectivity index (χ2n) is 5.62. The molecule has 0 aliphatic heterocycles. The van der Waals surface area contributed by atoms with Crippen LogP contribution >= 0.6 is 7.53 Å². The van der Waals surface area contributed by atoms with Gasteiger partial charge < -0.3 is 9.47 Å². The highest BCUT2D eigenvalue weighted by Crippen LogP contribution is 2.54. The fraction of sp³-hybridized carbons (Fsp3) is 0.368. The van der Waals surface area contributed by atoms with Crippen LogP contribution in [0.1, 0.15) is 51.6 Å². The molecule has 1 heterocycles. The summed E-state index contributed by atoms with van der Waals surface area (Å²) >= 11 is 0.